The molecular weight excluding hydrogens is 350 g/mol. The van der Waals surface area contributed by atoms with E-state index in [1.807, 2.05) is 48.5 Å². The number of hydrogen-bond donors (Lipinski definition) is 1. The molecule has 1 aliphatic heterocycles. The predicted octanol–water partition coefficient (Wildman–Crippen LogP) is 3.00. The first kappa shape index (κ1) is 18.0. The Morgan fingerprint density at radius 3 is 2.50 bits per heavy atom. The number of hydrogen-bond acceptors (Lipinski definition) is 4. The molecule has 6 nitrogen and oxygen atoms in total. The zero-order valence-corrected chi connectivity index (χ0v) is 15.5. The molecule has 1 aromatic heterocycles. The molecule has 4 rings (SSSR count). The molecule has 28 heavy (non-hydrogen) atoms. The lowest BCUT2D eigenvalue weighted by atomic mass is 9.95. The van der Waals surface area contributed by atoms with Crippen molar-refractivity contribution >= 4 is 11.7 Å². The molecule has 1 atom stereocenters. The first-order chi connectivity index (χ1) is 13.7. The Balaban J connectivity index is 1.43. The molecule has 3 aromatic rings. The standard InChI is InChI=1S/C22H21N5O/c23-14-18-15-24-27(19-9-5-2-6-10-19)22(18)25-21(28)16-26-12-11-20(26)13-17-7-3-1-4-8-17/h1-10,15,20H,11-13,16H2,(H,25,28). The summed E-state index contributed by atoms with van der Waals surface area (Å²) in [6, 6.07) is 22.3. The van der Waals surface area contributed by atoms with Gasteiger partial charge in [-0.25, -0.2) is 4.68 Å². The Kier molecular flexibility index (Phi) is 5.18. The summed E-state index contributed by atoms with van der Waals surface area (Å²) in [5, 5.41) is 16.5. The van der Waals surface area contributed by atoms with Crippen molar-refractivity contribution in [2.75, 3.05) is 18.4 Å². The number of rotatable bonds is 6. The number of aromatic nitrogens is 2. The Bertz CT molecular complexity index is 991. The van der Waals surface area contributed by atoms with Crippen LogP contribution in [0.3, 0.4) is 0 Å². The van der Waals surface area contributed by atoms with Gasteiger partial charge in [0.15, 0.2) is 5.82 Å². The zero-order chi connectivity index (χ0) is 19.3. The number of carbonyl (C=O) groups excluding carboxylic acids is 1. The van der Waals surface area contributed by atoms with E-state index in [0.717, 1.165) is 25.1 Å². The molecule has 140 valence electrons. The van der Waals surface area contributed by atoms with Gasteiger partial charge in [0.25, 0.3) is 0 Å². The topological polar surface area (TPSA) is 74.0 Å². The molecule has 0 spiro atoms. The van der Waals surface area contributed by atoms with E-state index in [1.165, 1.54) is 11.8 Å². The Labute approximate surface area is 164 Å². The molecule has 1 N–H and O–H groups in total. The SMILES string of the molecule is N#Cc1cnn(-c2ccccc2)c1NC(=O)CN1CCC1Cc1ccccc1. The van der Waals surface area contributed by atoms with Gasteiger partial charge < -0.3 is 5.32 Å². The minimum Gasteiger partial charge on any atom is -0.308 e. The monoisotopic (exact) mass is 371 g/mol. The van der Waals surface area contributed by atoms with Crippen molar-refractivity contribution in [3.05, 3.63) is 78.0 Å². The highest BCUT2D eigenvalue weighted by atomic mass is 16.2. The average molecular weight is 371 g/mol. The second kappa shape index (κ2) is 8.07. The number of amides is 1. The predicted molar refractivity (Wildman–Crippen MR) is 107 cm³/mol. The fourth-order valence-corrected chi connectivity index (χ4v) is 3.49. The number of benzene rings is 2. The third kappa shape index (κ3) is 3.80. The van der Waals surface area contributed by atoms with Crippen LogP contribution in [0.1, 0.15) is 17.5 Å². The lowest BCUT2D eigenvalue weighted by molar-refractivity contribution is -0.119. The van der Waals surface area contributed by atoms with E-state index in [9.17, 15) is 10.1 Å². The third-order valence-corrected chi connectivity index (χ3v) is 5.08. The third-order valence-electron chi connectivity index (χ3n) is 5.08. The van der Waals surface area contributed by atoms with Gasteiger partial charge >= 0.3 is 0 Å². The van der Waals surface area contributed by atoms with Gasteiger partial charge in [-0.05, 0) is 30.5 Å². The summed E-state index contributed by atoms with van der Waals surface area (Å²) >= 11 is 0. The molecule has 6 heteroatoms. The largest absolute Gasteiger partial charge is 0.308 e. The number of anilines is 1. The molecule has 1 saturated heterocycles. The lowest BCUT2D eigenvalue weighted by Gasteiger charge is -2.40. The van der Waals surface area contributed by atoms with E-state index < -0.39 is 0 Å². The quantitative estimate of drug-likeness (QED) is 0.723. The van der Waals surface area contributed by atoms with Crippen molar-refractivity contribution in [2.24, 2.45) is 0 Å². The first-order valence-corrected chi connectivity index (χ1v) is 9.36. The molecule has 2 heterocycles. The highest BCUT2D eigenvalue weighted by molar-refractivity contribution is 5.93. The Morgan fingerprint density at radius 1 is 1.14 bits per heavy atom. The molecular formula is C22H21N5O. The first-order valence-electron chi connectivity index (χ1n) is 9.36. The summed E-state index contributed by atoms with van der Waals surface area (Å²) in [5.41, 5.74) is 2.43. The van der Waals surface area contributed by atoms with Crippen LogP contribution < -0.4 is 5.32 Å². The van der Waals surface area contributed by atoms with E-state index in [0.29, 0.717) is 24.0 Å². The second-order valence-electron chi connectivity index (χ2n) is 6.92. The van der Waals surface area contributed by atoms with Gasteiger partial charge in [-0.15, -0.1) is 0 Å². The van der Waals surface area contributed by atoms with E-state index in [1.54, 1.807) is 4.68 Å². The zero-order valence-electron chi connectivity index (χ0n) is 15.5. The van der Waals surface area contributed by atoms with Crippen LogP contribution in [0.25, 0.3) is 5.69 Å². The second-order valence-corrected chi connectivity index (χ2v) is 6.92. The van der Waals surface area contributed by atoms with Crippen molar-refractivity contribution in [1.82, 2.24) is 14.7 Å². The van der Waals surface area contributed by atoms with Crippen LogP contribution in [0.4, 0.5) is 5.82 Å². The molecule has 0 aliphatic carbocycles. The normalized spacial score (nSPS) is 16.2. The fraction of sp³-hybridized carbons (Fsp3) is 0.227. The van der Waals surface area contributed by atoms with Crippen molar-refractivity contribution < 1.29 is 4.79 Å². The van der Waals surface area contributed by atoms with Gasteiger partial charge in [0.1, 0.15) is 11.6 Å². The summed E-state index contributed by atoms with van der Waals surface area (Å²) in [4.78, 5) is 14.8. The van der Waals surface area contributed by atoms with Crippen LogP contribution >= 0.6 is 0 Å². The van der Waals surface area contributed by atoms with Crippen LogP contribution in [-0.2, 0) is 11.2 Å². The molecule has 1 unspecified atom stereocenters. The summed E-state index contributed by atoms with van der Waals surface area (Å²) < 4.78 is 1.59. The minimum absolute atomic E-state index is 0.132. The maximum absolute atomic E-state index is 12.7. The minimum atomic E-state index is -0.132. The number of carbonyl (C=O) groups is 1. The van der Waals surface area contributed by atoms with E-state index >= 15 is 0 Å². The highest BCUT2D eigenvalue weighted by Gasteiger charge is 2.30. The van der Waals surface area contributed by atoms with Gasteiger partial charge in [0.2, 0.25) is 5.91 Å². The van der Waals surface area contributed by atoms with Gasteiger partial charge in [0, 0.05) is 12.6 Å². The summed E-state index contributed by atoms with van der Waals surface area (Å²) in [6.45, 7) is 1.22. The molecule has 0 bridgehead atoms. The summed E-state index contributed by atoms with van der Waals surface area (Å²) in [7, 11) is 0. The molecule has 0 saturated carbocycles. The van der Waals surface area contributed by atoms with Crippen LogP contribution in [-0.4, -0.2) is 39.7 Å². The number of nitrogens with one attached hydrogen (secondary N) is 1. The van der Waals surface area contributed by atoms with Crippen molar-refractivity contribution in [3.63, 3.8) is 0 Å². The average Bonchev–Trinajstić information content (AvgIpc) is 3.13. The van der Waals surface area contributed by atoms with E-state index in [-0.39, 0.29) is 5.91 Å². The fourth-order valence-electron chi connectivity index (χ4n) is 3.49. The molecule has 1 amide bonds. The van der Waals surface area contributed by atoms with Gasteiger partial charge in [0.05, 0.1) is 18.4 Å². The molecule has 1 fully saturated rings. The number of likely N-dealkylation sites (tertiary alicyclic amines) is 1. The summed E-state index contributed by atoms with van der Waals surface area (Å²) in [6.07, 6.45) is 3.51. The number of para-hydroxylation sites is 1. The highest BCUT2D eigenvalue weighted by Crippen LogP contribution is 2.23. The maximum Gasteiger partial charge on any atom is 0.239 e. The van der Waals surface area contributed by atoms with Crippen molar-refractivity contribution in [3.8, 4) is 11.8 Å². The van der Waals surface area contributed by atoms with Crippen LogP contribution in [0.2, 0.25) is 0 Å². The Hall–Kier alpha value is -3.43. The van der Waals surface area contributed by atoms with Crippen molar-refractivity contribution in [2.45, 2.75) is 18.9 Å². The van der Waals surface area contributed by atoms with Crippen LogP contribution in [0.15, 0.2) is 66.9 Å². The number of nitriles is 1. The van der Waals surface area contributed by atoms with Gasteiger partial charge in [-0.2, -0.15) is 10.4 Å². The van der Waals surface area contributed by atoms with E-state index in [2.05, 4.69) is 33.5 Å². The van der Waals surface area contributed by atoms with Crippen molar-refractivity contribution in [1.29, 1.82) is 5.26 Å². The molecule has 2 aromatic carbocycles. The molecule has 0 radical (unpaired) electrons. The lowest BCUT2D eigenvalue weighted by Crippen LogP contribution is -2.51. The molecule has 1 aliphatic rings. The number of nitrogens with zero attached hydrogens (tertiary/aromatic N) is 4. The smallest absolute Gasteiger partial charge is 0.239 e. The van der Waals surface area contributed by atoms with Gasteiger partial charge in [-0.3, -0.25) is 9.69 Å². The van der Waals surface area contributed by atoms with Crippen LogP contribution in [0.5, 0.6) is 0 Å². The Morgan fingerprint density at radius 2 is 1.86 bits per heavy atom. The summed E-state index contributed by atoms with van der Waals surface area (Å²) in [5.74, 6) is 0.283. The van der Waals surface area contributed by atoms with E-state index in [4.69, 9.17) is 0 Å². The van der Waals surface area contributed by atoms with Gasteiger partial charge in [-0.1, -0.05) is 48.5 Å². The van der Waals surface area contributed by atoms with Crippen LogP contribution in [0, 0.1) is 11.3 Å². The maximum atomic E-state index is 12.7.